The molecule has 15 heavy (non-hydrogen) atoms. The van der Waals surface area contributed by atoms with Gasteiger partial charge < -0.3 is 4.74 Å². The van der Waals surface area contributed by atoms with Crippen LogP contribution in [0.25, 0.3) is 22.6 Å². The lowest BCUT2D eigenvalue weighted by atomic mass is 10.0. The summed E-state index contributed by atoms with van der Waals surface area (Å²) in [4.78, 5) is 0. The van der Waals surface area contributed by atoms with E-state index in [4.69, 9.17) is 4.74 Å². The van der Waals surface area contributed by atoms with E-state index in [1.165, 1.54) is 22.6 Å². The highest BCUT2D eigenvalue weighted by molar-refractivity contribution is 6.07. The van der Waals surface area contributed by atoms with Crippen LogP contribution >= 0.6 is 0 Å². The molecule has 0 aromatic heterocycles. The van der Waals surface area contributed by atoms with Gasteiger partial charge in [-0.1, -0.05) is 43.0 Å². The van der Waals surface area contributed by atoms with Crippen molar-refractivity contribution in [1.82, 2.24) is 0 Å². The molecule has 0 radical (unpaired) electrons. The maximum absolute atomic E-state index is 5.40. The first-order valence-electron chi connectivity index (χ1n) is 4.91. The molecule has 72 valence electrons. The number of hydrogen-bond acceptors (Lipinski definition) is 1. The van der Waals surface area contributed by atoms with Gasteiger partial charge in [0.1, 0.15) is 5.76 Å². The second-order valence-electron chi connectivity index (χ2n) is 3.54. The number of benzene rings is 2. The number of hydrogen-bond donors (Lipinski definition) is 0. The molecule has 0 unspecified atom stereocenters. The van der Waals surface area contributed by atoms with Gasteiger partial charge in [-0.3, -0.25) is 0 Å². The van der Waals surface area contributed by atoms with Crippen molar-refractivity contribution in [2.45, 2.75) is 0 Å². The second-order valence-corrected chi connectivity index (χ2v) is 3.54. The van der Waals surface area contributed by atoms with E-state index >= 15 is 0 Å². The predicted octanol–water partition coefficient (Wildman–Crippen LogP) is 3.81. The summed E-state index contributed by atoms with van der Waals surface area (Å²) in [5.41, 5.74) is 2.38. The molecular weight excluding hydrogens is 184 g/mol. The van der Waals surface area contributed by atoms with Crippen molar-refractivity contribution in [3.63, 3.8) is 0 Å². The zero-order chi connectivity index (χ0) is 10.3. The van der Waals surface area contributed by atoms with Crippen LogP contribution in [-0.4, -0.2) is 0 Å². The topological polar surface area (TPSA) is 9.23 Å². The van der Waals surface area contributed by atoms with E-state index in [2.05, 4.69) is 43.0 Å². The Kier molecular flexibility index (Phi) is 1.65. The van der Waals surface area contributed by atoms with Crippen molar-refractivity contribution in [2.75, 3.05) is 0 Å². The Bertz CT molecular complexity index is 574. The second kappa shape index (κ2) is 2.99. The van der Waals surface area contributed by atoms with Gasteiger partial charge in [-0.2, -0.15) is 0 Å². The Hall–Kier alpha value is -2.02. The molecule has 0 saturated heterocycles. The molecule has 0 aliphatic heterocycles. The van der Waals surface area contributed by atoms with Crippen molar-refractivity contribution in [2.24, 2.45) is 0 Å². The summed E-state index contributed by atoms with van der Waals surface area (Å²) >= 11 is 0. The first-order chi connectivity index (χ1) is 7.40. The van der Waals surface area contributed by atoms with E-state index in [0.717, 1.165) is 11.3 Å². The van der Waals surface area contributed by atoms with Crippen LogP contribution in [-0.2, 0) is 4.74 Å². The fourth-order valence-electron chi connectivity index (χ4n) is 2.10. The lowest BCUT2D eigenvalue weighted by molar-refractivity contribution is 0.443. The molecule has 2 aromatic rings. The van der Waals surface area contributed by atoms with Gasteiger partial charge in [0.05, 0.1) is 6.26 Å². The molecule has 3 rings (SSSR count). The Morgan fingerprint density at radius 1 is 1.07 bits per heavy atom. The third-order valence-electron chi connectivity index (χ3n) is 2.70. The molecule has 0 heterocycles. The zero-order valence-corrected chi connectivity index (χ0v) is 8.23. The van der Waals surface area contributed by atoms with E-state index in [1.807, 2.05) is 6.07 Å². The molecular formula is C14H10O. The Labute approximate surface area is 88.3 Å². The molecule has 0 bridgehead atoms. The van der Waals surface area contributed by atoms with Gasteiger partial charge >= 0.3 is 0 Å². The van der Waals surface area contributed by atoms with E-state index in [9.17, 15) is 0 Å². The van der Waals surface area contributed by atoms with Crippen LogP contribution in [0.1, 0.15) is 11.1 Å². The molecule has 1 aliphatic carbocycles. The molecule has 0 atom stereocenters. The lowest BCUT2D eigenvalue weighted by Gasteiger charge is -2.03. The highest BCUT2D eigenvalue weighted by Crippen LogP contribution is 2.36. The molecule has 2 aromatic carbocycles. The van der Waals surface area contributed by atoms with Crippen LogP contribution in [0.2, 0.25) is 0 Å². The van der Waals surface area contributed by atoms with Crippen LogP contribution in [0.15, 0.2) is 49.2 Å². The van der Waals surface area contributed by atoms with E-state index in [1.54, 1.807) is 0 Å². The van der Waals surface area contributed by atoms with Gasteiger partial charge in [-0.05, 0) is 22.4 Å². The van der Waals surface area contributed by atoms with Crippen LogP contribution in [0, 0.1) is 0 Å². The predicted molar refractivity (Wildman–Crippen MR) is 63.1 cm³/mol. The zero-order valence-electron chi connectivity index (χ0n) is 8.23. The molecule has 0 spiro atoms. The largest absolute Gasteiger partial charge is 0.465 e. The minimum Gasteiger partial charge on any atom is -0.465 e. The molecule has 1 aliphatic rings. The number of rotatable bonds is 2. The van der Waals surface area contributed by atoms with Gasteiger partial charge in [0.2, 0.25) is 0 Å². The molecule has 1 nitrogen and oxygen atoms in total. The van der Waals surface area contributed by atoms with Crippen molar-refractivity contribution in [3.8, 4) is 0 Å². The Morgan fingerprint density at radius 2 is 1.87 bits per heavy atom. The Morgan fingerprint density at radius 3 is 2.67 bits per heavy atom. The molecule has 0 fully saturated rings. The van der Waals surface area contributed by atoms with Gasteiger partial charge in [0.15, 0.2) is 0 Å². The summed E-state index contributed by atoms with van der Waals surface area (Å²) in [7, 11) is 0. The minimum atomic E-state index is 0.886. The van der Waals surface area contributed by atoms with Crippen LogP contribution in [0.4, 0.5) is 0 Å². The van der Waals surface area contributed by atoms with Gasteiger partial charge in [-0.15, -0.1) is 0 Å². The van der Waals surface area contributed by atoms with E-state index in [0.29, 0.717) is 0 Å². The maximum atomic E-state index is 5.40. The summed E-state index contributed by atoms with van der Waals surface area (Å²) in [6.07, 6.45) is 3.52. The van der Waals surface area contributed by atoms with Crippen molar-refractivity contribution in [1.29, 1.82) is 0 Å². The molecule has 1 heteroatoms. The third-order valence-corrected chi connectivity index (χ3v) is 2.70. The summed E-state index contributed by atoms with van der Waals surface area (Å²) in [5, 5.41) is 2.53. The normalized spacial score (nSPS) is 12.7. The quantitative estimate of drug-likeness (QED) is 0.660. The van der Waals surface area contributed by atoms with Crippen molar-refractivity contribution >= 4 is 22.6 Å². The third kappa shape index (κ3) is 1.10. The maximum Gasteiger partial charge on any atom is 0.134 e. The van der Waals surface area contributed by atoms with Crippen LogP contribution < -0.4 is 0 Å². The highest BCUT2D eigenvalue weighted by atomic mass is 16.5. The molecule has 0 saturated carbocycles. The fourth-order valence-corrected chi connectivity index (χ4v) is 2.10. The van der Waals surface area contributed by atoms with E-state index < -0.39 is 0 Å². The average molecular weight is 194 g/mol. The highest BCUT2D eigenvalue weighted by Gasteiger charge is 2.16. The lowest BCUT2D eigenvalue weighted by Crippen LogP contribution is -1.82. The van der Waals surface area contributed by atoms with Gasteiger partial charge in [-0.25, -0.2) is 0 Å². The fraction of sp³-hybridized carbons (Fsp3) is 0. The molecule has 0 N–H and O–H groups in total. The minimum absolute atomic E-state index is 0.886. The van der Waals surface area contributed by atoms with E-state index in [-0.39, 0.29) is 0 Å². The summed E-state index contributed by atoms with van der Waals surface area (Å²) < 4.78 is 5.40. The first-order valence-corrected chi connectivity index (χ1v) is 4.91. The summed E-state index contributed by atoms with van der Waals surface area (Å²) in [5.74, 6) is 0.886. The Balaban J connectivity index is 2.35. The number of ether oxygens (including phenoxy) is 1. The van der Waals surface area contributed by atoms with Crippen molar-refractivity contribution in [3.05, 3.63) is 60.4 Å². The van der Waals surface area contributed by atoms with Crippen LogP contribution in [0.3, 0.4) is 0 Å². The average Bonchev–Trinajstić information content (AvgIpc) is 2.61. The van der Waals surface area contributed by atoms with Crippen molar-refractivity contribution < 1.29 is 4.74 Å². The molecule has 0 amide bonds. The summed E-state index contributed by atoms with van der Waals surface area (Å²) in [6, 6.07) is 12.5. The standard InChI is InChI=1S/C14H10O/c1-2-15-13-9-11-7-3-5-10-6-4-8-12(13)14(10)11/h2-9H,1H2. The van der Waals surface area contributed by atoms with Gasteiger partial charge in [0, 0.05) is 5.56 Å². The SMILES string of the molecule is C=COC1=Cc2cccc3cccc1c23. The van der Waals surface area contributed by atoms with Crippen LogP contribution in [0.5, 0.6) is 0 Å². The smallest absolute Gasteiger partial charge is 0.134 e. The van der Waals surface area contributed by atoms with Gasteiger partial charge in [0.25, 0.3) is 0 Å². The first kappa shape index (κ1) is 8.30. The summed E-state index contributed by atoms with van der Waals surface area (Å²) in [6.45, 7) is 3.59. The monoisotopic (exact) mass is 194 g/mol.